The van der Waals surface area contributed by atoms with Gasteiger partial charge in [-0.1, -0.05) is 62.2 Å². The van der Waals surface area contributed by atoms with Crippen molar-refractivity contribution in [2.75, 3.05) is 0 Å². The van der Waals surface area contributed by atoms with Gasteiger partial charge < -0.3 is 0 Å². The summed E-state index contributed by atoms with van der Waals surface area (Å²) in [5, 5.41) is 0. The number of rotatable bonds is 2. The molecule has 0 nitrogen and oxygen atoms in total. The third-order valence-corrected chi connectivity index (χ3v) is 8.09. The van der Waals surface area contributed by atoms with E-state index in [0.29, 0.717) is 14.6 Å². The monoisotopic (exact) mass is 382 g/mol. The second kappa shape index (κ2) is 4.34. The minimum atomic E-state index is 0.456. The summed E-state index contributed by atoms with van der Waals surface area (Å²) in [6.45, 7) is 0. The molecule has 4 aliphatic rings. The molecule has 0 spiro atoms. The zero-order valence-electron chi connectivity index (χ0n) is 11.1. The number of hydrogen-bond donors (Lipinski definition) is 0. The van der Waals surface area contributed by atoms with Crippen molar-refractivity contribution in [2.24, 2.45) is 17.3 Å². The van der Waals surface area contributed by atoms with Crippen molar-refractivity contribution in [3.8, 4) is 0 Å². The molecule has 0 aromatic heterocycles. The quantitative estimate of drug-likeness (QED) is 0.561. The SMILES string of the molecule is BrC(c1ccccc1)C12CC3CC(CC(Br)(C3)C1)C2. The van der Waals surface area contributed by atoms with Crippen LogP contribution in [0.4, 0.5) is 0 Å². The Balaban J connectivity index is 1.70. The molecule has 2 heteroatoms. The van der Waals surface area contributed by atoms with E-state index in [-0.39, 0.29) is 0 Å². The minimum Gasteiger partial charge on any atom is -0.0853 e. The molecule has 0 aliphatic heterocycles. The van der Waals surface area contributed by atoms with Crippen molar-refractivity contribution >= 4 is 31.9 Å². The summed E-state index contributed by atoms with van der Waals surface area (Å²) in [6.07, 6.45) is 8.55. The summed E-state index contributed by atoms with van der Waals surface area (Å²) in [4.78, 5) is 0.532. The van der Waals surface area contributed by atoms with Crippen molar-refractivity contribution < 1.29 is 0 Å². The van der Waals surface area contributed by atoms with E-state index < -0.39 is 0 Å². The predicted octanol–water partition coefficient (Wildman–Crippen LogP) is 5.86. The highest BCUT2D eigenvalue weighted by Crippen LogP contribution is 2.69. The first-order valence-electron chi connectivity index (χ1n) is 7.47. The zero-order valence-corrected chi connectivity index (χ0v) is 14.3. The van der Waals surface area contributed by atoms with Crippen LogP contribution in [0.1, 0.15) is 48.9 Å². The highest BCUT2D eigenvalue weighted by Gasteiger charge is 2.58. The number of halogens is 2. The van der Waals surface area contributed by atoms with E-state index in [1.54, 1.807) is 0 Å². The highest BCUT2D eigenvalue weighted by molar-refractivity contribution is 9.10. The maximum absolute atomic E-state index is 4.11. The molecule has 3 atom stereocenters. The zero-order chi connectivity index (χ0) is 13.1. The van der Waals surface area contributed by atoms with Crippen LogP contribution in [0.3, 0.4) is 0 Å². The Morgan fingerprint density at radius 3 is 2.21 bits per heavy atom. The van der Waals surface area contributed by atoms with Crippen molar-refractivity contribution in [1.82, 2.24) is 0 Å². The van der Waals surface area contributed by atoms with E-state index in [2.05, 4.69) is 62.2 Å². The largest absolute Gasteiger partial charge is 0.0853 e. The molecule has 1 aromatic rings. The van der Waals surface area contributed by atoms with Crippen molar-refractivity contribution in [3.05, 3.63) is 35.9 Å². The van der Waals surface area contributed by atoms with Crippen LogP contribution < -0.4 is 0 Å². The topological polar surface area (TPSA) is 0 Å². The van der Waals surface area contributed by atoms with Gasteiger partial charge in [-0.15, -0.1) is 0 Å². The normalized spacial score (nSPS) is 45.4. The molecule has 0 amide bonds. The Bertz CT molecular complexity index is 467. The van der Waals surface area contributed by atoms with Crippen LogP contribution in [0.2, 0.25) is 0 Å². The predicted molar refractivity (Wildman–Crippen MR) is 86.9 cm³/mol. The molecule has 1 aromatic carbocycles. The Kier molecular flexibility index (Phi) is 2.94. The van der Waals surface area contributed by atoms with Crippen LogP contribution >= 0.6 is 31.9 Å². The first kappa shape index (κ1) is 12.9. The molecule has 0 N–H and O–H groups in total. The van der Waals surface area contributed by atoms with Gasteiger partial charge in [0.15, 0.2) is 0 Å². The van der Waals surface area contributed by atoms with Gasteiger partial charge in [0.25, 0.3) is 0 Å². The van der Waals surface area contributed by atoms with Crippen LogP contribution in [0.15, 0.2) is 30.3 Å². The van der Waals surface area contributed by atoms with Gasteiger partial charge in [0.2, 0.25) is 0 Å². The Morgan fingerprint density at radius 1 is 1.00 bits per heavy atom. The molecule has 0 radical (unpaired) electrons. The third-order valence-electron chi connectivity index (χ3n) is 5.66. The molecule has 102 valence electrons. The standard InChI is InChI=1S/C17H20Br2/c18-15(14-4-2-1-3-5-14)16-7-12-6-13(8-16)10-17(19,9-12)11-16/h1-5,12-13,15H,6-11H2. The van der Waals surface area contributed by atoms with Gasteiger partial charge in [-0.05, 0) is 61.3 Å². The summed E-state index contributed by atoms with van der Waals surface area (Å²) in [5.41, 5.74) is 1.97. The van der Waals surface area contributed by atoms with E-state index in [0.717, 1.165) is 11.8 Å². The summed E-state index contributed by atoms with van der Waals surface area (Å²) >= 11 is 8.19. The van der Waals surface area contributed by atoms with Gasteiger partial charge in [-0.3, -0.25) is 0 Å². The lowest BCUT2D eigenvalue weighted by atomic mass is 9.48. The van der Waals surface area contributed by atoms with Crippen LogP contribution in [-0.4, -0.2) is 4.32 Å². The molecule has 0 saturated heterocycles. The molecule has 4 aliphatic carbocycles. The maximum atomic E-state index is 4.11. The molecule has 19 heavy (non-hydrogen) atoms. The van der Waals surface area contributed by atoms with E-state index in [1.807, 2.05) is 0 Å². The van der Waals surface area contributed by atoms with Crippen LogP contribution in [-0.2, 0) is 0 Å². The molecular formula is C17H20Br2. The minimum absolute atomic E-state index is 0.456. The second-order valence-corrected chi connectivity index (χ2v) is 9.85. The van der Waals surface area contributed by atoms with Gasteiger partial charge >= 0.3 is 0 Å². The Hall–Kier alpha value is 0.180. The van der Waals surface area contributed by atoms with E-state index in [1.165, 1.54) is 44.1 Å². The maximum Gasteiger partial charge on any atom is 0.0452 e. The Labute approximate surface area is 132 Å². The summed E-state index contributed by atoms with van der Waals surface area (Å²) in [6, 6.07) is 11.1. The third kappa shape index (κ3) is 2.05. The van der Waals surface area contributed by atoms with Gasteiger partial charge in [-0.2, -0.15) is 0 Å². The summed E-state index contributed by atoms with van der Waals surface area (Å²) in [5.74, 6) is 1.92. The number of benzene rings is 1. The average molecular weight is 384 g/mol. The lowest BCUT2D eigenvalue weighted by Crippen LogP contribution is -2.54. The van der Waals surface area contributed by atoms with Crippen LogP contribution in [0.5, 0.6) is 0 Å². The number of hydrogen-bond acceptors (Lipinski definition) is 0. The molecule has 3 unspecified atom stereocenters. The first-order chi connectivity index (χ1) is 9.09. The fourth-order valence-corrected chi connectivity index (χ4v) is 7.81. The molecule has 0 heterocycles. The van der Waals surface area contributed by atoms with Crippen molar-refractivity contribution in [3.63, 3.8) is 0 Å². The van der Waals surface area contributed by atoms with Gasteiger partial charge in [0.05, 0.1) is 0 Å². The molecule has 4 saturated carbocycles. The molecule has 5 rings (SSSR count). The van der Waals surface area contributed by atoms with Gasteiger partial charge in [0.1, 0.15) is 0 Å². The fourth-order valence-electron chi connectivity index (χ4n) is 5.49. The number of alkyl halides is 2. The first-order valence-corrected chi connectivity index (χ1v) is 9.17. The van der Waals surface area contributed by atoms with E-state index in [9.17, 15) is 0 Å². The lowest BCUT2D eigenvalue weighted by molar-refractivity contribution is -0.0352. The summed E-state index contributed by atoms with van der Waals surface area (Å²) in [7, 11) is 0. The molecule has 4 bridgehead atoms. The fraction of sp³-hybridized carbons (Fsp3) is 0.647. The van der Waals surface area contributed by atoms with Crippen LogP contribution in [0.25, 0.3) is 0 Å². The summed E-state index contributed by atoms with van der Waals surface area (Å²) < 4.78 is 0.456. The average Bonchev–Trinajstić information content (AvgIpc) is 2.36. The second-order valence-electron chi connectivity index (χ2n) is 7.25. The van der Waals surface area contributed by atoms with Gasteiger partial charge in [-0.25, -0.2) is 0 Å². The lowest BCUT2D eigenvalue weighted by Gasteiger charge is -2.62. The Morgan fingerprint density at radius 2 is 1.63 bits per heavy atom. The van der Waals surface area contributed by atoms with Crippen LogP contribution in [0, 0.1) is 17.3 Å². The highest BCUT2D eigenvalue weighted by atomic mass is 79.9. The van der Waals surface area contributed by atoms with E-state index >= 15 is 0 Å². The van der Waals surface area contributed by atoms with E-state index in [4.69, 9.17) is 0 Å². The molecular weight excluding hydrogens is 364 g/mol. The smallest absolute Gasteiger partial charge is 0.0452 e. The molecule has 4 fully saturated rings. The van der Waals surface area contributed by atoms with Gasteiger partial charge in [0, 0.05) is 9.15 Å². The van der Waals surface area contributed by atoms with Crippen molar-refractivity contribution in [2.45, 2.75) is 47.7 Å². The van der Waals surface area contributed by atoms with Crippen molar-refractivity contribution in [1.29, 1.82) is 0 Å².